The van der Waals surface area contributed by atoms with Gasteiger partial charge in [0.25, 0.3) is 5.56 Å². The van der Waals surface area contributed by atoms with Gasteiger partial charge in [0.15, 0.2) is 11.6 Å². The van der Waals surface area contributed by atoms with Gasteiger partial charge >= 0.3 is 5.69 Å². The molecule has 33 heavy (non-hydrogen) atoms. The van der Waals surface area contributed by atoms with Crippen molar-refractivity contribution in [3.8, 4) is 0 Å². The van der Waals surface area contributed by atoms with E-state index in [1.165, 1.54) is 16.3 Å². The first-order chi connectivity index (χ1) is 15.5. The van der Waals surface area contributed by atoms with Gasteiger partial charge in [-0.1, -0.05) is 19.4 Å². The van der Waals surface area contributed by atoms with Crippen LogP contribution in [0.4, 0.5) is 0 Å². The van der Waals surface area contributed by atoms with Crippen LogP contribution >= 0.6 is 0 Å². The van der Waals surface area contributed by atoms with Crippen molar-refractivity contribution in [3.05, 3.63) is 44.2 Å². The molecular weight excluding hydrogens is 420 g/mol. The number of aliphatic hydroxyl groups is 1. The number of carbonyl (C=O) groups is 2. The zero-order valence-electron chi connectivity index (χ0n) is 19.8. The van der Waals surface area contributed by atoms with E-state index in [0.717, 1.165) is 38.5 Å². The number of hydrogen-bond acceptors (Lipinski definition) is 5. The van der Waals surface area contributed by atoms with Crippen molar-refractivity contribution in [2.75, 3.05) is 0 Å². The maximum atomic E-state index is 13.5. The molecule has 0 radical (unpaired) electrons. The van der Waals surface area contributed by atoms with E-state index in [2.05, 4.69) is 18.8 Å². The van der Waals surface area contributed by atoms with Gasteiger partial charge in [-0.05, 0) is 81.1 Å². The van der Waals surface area contributed by atoms with Crippen LogP contribution in [-0.2, 0) is 16.1 Å². The topological polar surface area (TPSA) is 109 Å². The van der Waals surface area contributed by atoms with Gasteiger partial charge in [-0.3, -0.25) is 23.9 Å². The number of H-pyrrole nitrogens is 1. The number of Topliss-reactive ketones (excluding diaryl/α,β-unsaturated/α-hetero) is 1. The first-order valence-electron chi connectivity index (χ1n) is 12.3. The summed E-state index contributed by atoms with van der Waals surface area (Å²) < 4.78 is 1.21. The van der Waals surface area contributed by atoms with Crippen molar-refractivity contribution in [1.29, 1.82) is 0 Å². The van der Waals surface area contributed by atoms with Crippen LogP contribution in [0.3, 0.4) is 0 Å². The van der Waals surface area contributed by atoms with Crippen LogP contribution in [0, 0.1) is 35.5 Å². The lowest BCUT2D eigenvalue weighted by atomic mass is 9.46. The zero-order chi connectivity index (χ0) is 23.8. The van der Waals surface area contributed by atoms with Gasteiger partial charge in [-0.25, -0.2) is 4.79 Å². The van der Waals surface area contributed by atoms with Crippen LogP contribution in [0.5, 0.6) is 0 Å². The molecule has 1 aromatic heterocycles. The summed E-state index contributed by atoms with van der Waals surface area (Å²) in [6, 6.07) is 0. The molecule has 5 rings (SSSR count). The van der Waals surface area contributed by atoms with Crippen molar-refractivity contribution >= 4 is 11.6 Å². The fraction of sp³-hybridized carbons (Fsp3) is 0.692. The largest absolute Gasteiger partial charge is 0.381 e. The first kappa shape index (κ1) is 22.5. The van der Waals surface area contributed by atoms with Crippen molar-refractivity contribution in [3.63, 3.8) is 0 Å². The molecule has 1 heterocycles. The van der Waals surface area contributed by atoms with Crippen molar-refractivity contribution < 1.29 is 14.7 Å². The minimum absolute atomic E-state index is 0.0453. The van der Waals surface area contributed by atoms with Crippen LogP contribution in [0.15, 0.2) is 27.4 Å². The first-order valence-corrected chi connectivity index (χ1v) is 12.3. The second-order valence-corrected chi connectivity index (χ2v) is 11.4. The standard InChI is InChI=1S/C26H34N2O5/c1-15-13-28(23(32)27-22(15)31)14-21(30)26(33)11-8-20-18-5-4-16-12-17(29)6-9-24(16,2)19(18)7-10-25(20,26)3/h12-13,18-20,33H,4-11,14H2,1-3H3,(H,27,31,32)/t18?,19?,20?,24-,25-,26-/m0/s1. The van der Waals surface area contributed by atoms with E-state index in [1.807, 2.05) is 6.08 Å². The second kappa shape index (κ2) is 7.36. The Balaban J connectivity index is 1.43. The van der Waals surface area contributed by atoms with Crippen LogP contribution in [0.2, 0.25) is 0 Å². The Hall–Kier alpha value is -2.28. The Kier molecular flexibility index (Phi) is 5.02. The Morgan fingerprint density at radius 1 is 1.09 bits per heavy atom. The number of aryl methyl sites for hydroxylation is 1. The molecule has 0 aromatic carbocycles. The maximum Gasteiger partial charge on any atom is 0.328 e. The number of fused-ring (bicyclic) bond motifs is 5. The lowest BCUT2D eigenvalue weighted by molar-refractivity contribution is -0.162. The molecule has 3 saturated carbocycles. The monoisotopic (exact) mass is 454 g/mol. The Bertz CT molecular complexity index is 1180. The van der Waals surface area contributed by atoms with Gasteiger partial charge in [0.2, 0.25) is 0 Å². The van der Waals surface area contributed by atoms with Crippen LogP contribution in [0.1, 0.15) is 70.8 Å². The van der Waals surface area contributed by atoms with E-state index in [9.17, 15) is 24.3 Å². The molecule has 0 aliphatic heterocycles. The Morgan fingerprint density at radius 3 is 2.58 bits per heavy atom. The van der Waals surface area contributed by atoms with Crippen LogP contribution in [0.25, 0.3) is 0 Å². The highest BCUT2D eigenvalue weighted by molar-refractivity contribution is 5.91. The number of carbonyl (C=O) groups excluding carboxylic acids is 2. The molecule has 7 nitrogen and oxygen atoms in total. The Labute approximate surface area is 193 Å². The van der Waals surface area contributed by atoms with E-state index in [4.69, 9.17) is 0 Å². The third-order valence-corrected chi connectivity index (χ3v) is 10.1. The summed E-state index contributed by atoms with van der Waals surface area (Å²) in [5.41, 5.74) is -1.39. The van der Waals surface area contributed by atoms with Gasteiger partial charge < -0.3 is 5.11 Å². The van der Waals surface area contributed by atoms with E-state index in [1.54, 1.807) is 6.92 Å². The van der Waals surface area contributed by atoms with Crippen LogP contribution < -0.4 is 11.2 Å². The van der Waals surface area contributed by atoms with Crippen molar-refractivity contribution in [2.24, 2.45) is 28.6 Å². The number of allylic oxidation sites excluding steroid dienone is 1. The summed E-state index contributed by atoms with van der Waals surface area (Å²) in [6.07, 6.45) is 9.64. The molecule has 0 bridgehead atoms. The number of nitrogens with zero attached hydrogens (tertiary/aromatic N) is 1. The molecule has 4 aliphatic rings. The average Bonchev–Trinajstić information content (AvgIpc) is 3.04. The molecule has 6 atom stereocenters. The normalized spacial score (nSPS) is 39.9. The summed E-state index contributed by atoms with van der Waals surface area (Å²) in [5.74, 6) is 1.06. The predicted octanol–water partition coefficient (Wildman–Crippen LogP) is 2.68. The lowest BCUT2D eigenvalue weighted by Crippen LogP contribution is -2.58. The predicted molar refractivity (Wildman–Crippen MR) is 123 cm³/mol. The molecule has 2 N–H and O–H groups in total. The fourth-order valence-electron chi connectivity index (χ4n) is 8.05. The summed E-state index contributed by atoms with van der Waals surface area (Å²) in [5, 5.41) is 11.8. The number of hydrogen-bond donors (Lipinski definition) is 2. The smallest absolute Gasteiger partial charge is 0.328 e. The molecular formula is C26H34N2O5. The quantitative estimate of drug-likeness (QED) is 0.730. The molecule has 0 amide bonds. The summed E-state index contributed by atoms with van der Waals surface area (Å²) in [6.45, 7) is 5.74. The number of rotatable bonds is 3. The Morgan fingerprint density at radius 2 is 1.82 bits per heavy atom. The minimum atomic E-state index is -1.48. The van der Waals surface area contributed by atoms with Crippen molar-refractivity contribution in [2.45, 2.75) is 84.3 Å². The van der Waals surface area contributed by atoms with Crippen molar-refractivity contribution in [1.82, 2.24) is 9.55 Å². The maximum absolute atomic E-state index is 13.5. The summed E-state index contributed by atoms with van der Waals surface area (Å²) in [4.78, 5) is 51.7. The van der Waals surface area contributed by atoms with E-state index in [-0.39, 0.29) is 29.4 Å². The van der Waals surface area contributed by atoms with E-state index >= 15 is 0 Å². The molecule has 4 aliphatic carbocycles. The number of aromatic amines is 1. The SMILES string of the molecule is Cc1cn(CC(=O)[C@@]2(O)CCC3C4CCC5=CC(=O)CC[C@]5(C)C4CC[C@@]32C)c(=O)[nH]c1=O. The molecule has 1 aromatic rings. The fourth-order valence-corrected chi connectivity index (χ4v) is 8.05. The van der Waals surface area contributed by atoms with E-state index in [0.29, 0.717) is 30.2 Å². The van der Waals surface area contributed by atoms with Gasteiger partial charge in [0, 0.05) is 23.6 Å². The average molecular weight is 455 g/mol. The van der Waals surface area contributed by atoms with Gasteiger partial charge in [-0.2, -0.15) is 0 Å². The molecule has 3 fully saturated rings. The summed E-state index contributed by atoms with van der Waals surface area (Å²) in [7, 11) is 0. The molecule has 178 valence electrons. The van der Waals surface area contributed by atoms with Gasteiger partial charge in [-0.15, -0.1) is 0 Å². The second-order valence-electron chi connectivity index (χ2n) is 11.4. The molecule has 7 heteroatoms. The highest BCUT2D eigenvalue weighted by atomic mass is 16.3. The zero-order valence-corrected chi connectivity index (χ0v) is 19.8. The van der Waals surface area contributed by atoms with Gasteiger partial charge in [0.05, 0.1) is 6.54 Å². The number of nitrogens with one attached hydrogen (secondary N) is 1. The number of aromatic nitrogens is 2. The third-order valence-electron chi connectivity index (χ3n) is 10.1. The molecule has 0 saturated heterocycles. The number of ketones is 2. The molecule has 0 spiro atoms. The minimum Gasteiger partial charge on any atom is -0.381 e. The lowest BCUT2D eigenvalue weighted by Gasteiger charge is -2.58. The van der Waals surface area contributed by atoms with Crippen LogP contribution in [-0.4, -0.2) is 31.8 Å². The van der Waals surface area contributed by atoms with E-state index < -0.39 is 22.3 Å². The molecule has 3 unspecified atom stereocenters. The third kappa shape index (κ3) is 3.11. The summed E-state index contributed by atoms with van der Waals surface area (Å²) >= 11 is 0. The highest BCUT2D eigenvalue weighted by Crippen LogP contribution is 2.67. The highest BCUT2D eigenvalue weighted by Gasteiger charge is 2.66. The van der Waals surface area contributed by atoms with Gasteiger partial charge in [0.1, 0.15) is 5.60 Å².